The molecule has 8 atom stereocenters. The highest BCUT2D eigenvalue weighted by Crippen LogP contribution is 2.71. The summed E-state index contributed by atoms with van der Waals surface area (Å²) in [5.74, 6) is -2.61. The normalized spacial score (nSPS) is 38.3. The lowest BCUT2D eigenvalue weighted by Gasteiger charge is -2.63. The summed E-state index contributed by atoms with van der Waals surface area (Å²) < 4.78 is 44.9. The van der Waals surface area contributed by atoms with Gasteiger partial charge in [0.05, 0.1) is 54.2 Å². The molecule has 0 aromatic carbocycles. The second-order valence-electron chi connectivity index (χ2n) is 13.7. The van der Waals surface area contributed by atoms with Gasteiger partial charge in [0.25, 0.3) is 0 Å². The molecule has 0 amide bonds. The van der Waals surface area contributed by atoms with Crippen LogP contribution in [0, 0.1) is 45.9 Å². The first-order valence-corrected chi connectivity index (χ1v) is 16.6. The zero-order chi connectivity index (χ0) is 31.8. The quantitative estimate of drug-likeness (QED) is 0.365. The van der Waals surface area contributed by atoms with Gasteiger partial charge < -0.3 is 14.6 Å². The van der Waals surface area contributed by atoms with Gasteiger partial charge in [-0.1, -0.05) is 31.2 Å². The van der Waals surface area contributed by atoms with Gasteiger partial charge in [-0.25, -0.2) is 14.1 Å². The summed E-state index contributed by atoms with van der Waals surface area (Å²) in [7, 11) is 0. The van der Waals surface area contributed by atoms with Gasteiger partial charge in [-0.05, 0) is 74.6 Å². The molecule has 0 unspecified atom stereocenters. The van der Waals surface area contributed by atoms with Crippen molar-refractivity contribution in [3.05, 3.63) is 47.3 Å². The van der Waals surface area contributed by atoms with Crippen LogP contribution in [0.3, 0.4) is 0 Å². The minimum atomic E-state index is -2.01. The average molecular weight is 639 g/mol. The second kappa shape index (κ2) is 10.7. The molecule has 3 heterocycles. The first kappa shape index (κ1) is 30.5. The predicted molar refractivity (Wildman–Crippen MR) is 160 cm³/mol. The van der Waals surface area contributed by atoms with Crippen molar-refractivity contribution in [1.82, 2.24) is 14.8 Å². The Morgan fingerprint density at radius 1 is 1.24 bits per heavy atom. The van der Waals surface area contributed by atoms with Gasteiger partial charge >= 0.3 is 5.97 Å². The van der Waals surface area contributed by atoms with Gasteiger partial charge in [-0.3, -0.25) is 9.59 Å². The molecule has 9 nitrogen and oxygen atoms in total. The fourth-order valence-electron chi connectivity index (χ4n) is 9.48. The van der Waals surface area contributed by atoms with E-state index in [0.29, 0.717) is 44.4 Å². The lowest BCUT2D eigenvalue weighted by molar-refractivity contribution is -0.229. The number of esters is 1. The minimum Gasteiger partial charge on any atom is -0.449 e. The number of rotatable bonds is 5. The molecule has 12 heteroatoms. The van der Waals surface area contributed by atoms with Crippen molar-refractivity contribution in [2.75, 3.05) is 19.0 Å². The number of alkyl halides is 1. The van der Waals surface area contributed by atoms with E-state index in [4.69, 9.17) is 9.47 Å². The molecule has 238 valence electrons. The highest BCUT2D eigenvalue weighted by atomic mass is 32.2. The van der Waals surface area contributed by atoms with Crippen LogP contribution in [0.25, 0.3) is 11.8 Å². The van der Waals surface area contributed by atoms with Crippen LogP contribution in [0.1, 0.15) is 63.6 Å². The van der Waals surface area contributed by atoms with Crippen LogP contribution in [-0.4, -0.2) is 67.3 Å². The molecular weight excluding hydrogens is 602 g/mol. The number of nitriles is 1. The molecule has 0 radical (unpaired) electrons. The van der Waals surface area contributed by atoms with Crippen LogP contribution in [0.15, 0.2) is 30.1 Å². The van der Waals surface area contributed by atoms with Gasteiger partial charge in [-0.15, -0.1) is 0 Å². The van der Waals surface area contributed by atoms with Crippen molar-refractivity contribution in [2.45, 2.75) is 76.2 Å². The van der Waals surface area contributed by atoms with Gasteiger partial charge in [0.15, 0.2) is 5.60 Å². The highest BCUT2D eigenvalue weighted by Gasteiger charge is 2.76. The smallest absolute Gasteiger partial charge is 0.312 e. The number of hydrogen-bond acceptors (Lipinski definition) is 9. The fraction of sp³-hybridized carbons (Fsp3) is 0.606. The molecule has 3 saturated carbocycles. The average Bonchev–Trinajstić information content (AvgIpc) is 3.75. The third-order valence-electron chi connectivity index (χ3n) is 11.8. The molecule has 4 fully saturated rings. The summed E-state index contributed by atoms with van der Waals surface area (Å²) in [6, 6.07) is 4.85. The van der Waals surface area contributed by atoms with E-state index in [1.165, 1.54) is 12.3 Å². The van der Waals surface area contributed by atoms with Crippen molar-refractivity contribution in [2.24, 2.45) is 28.6 Å². The Kier molecular flexibility index (Phi) is 7.26. The van der Waals surface area contributed by atoms with Gasteiger partial charge in [-0.2, -0.15) is 14.8 Å². The Balaban J connectivity index is 1.25. The van der Waals surface area contributed by atoms with Crippen LogP contribution >= 0.6 is 11.8 Å². The van der Waals surface area contributed by atoms with E-state index < -0.39 is 57.1 Å². The van der Waals surface area contributed by atoms with Crippen LogP contribution in [0.2, 0.25) is 0 Å². The number of halogens is 2. The molecule has 1 aliphatic heterocycles. The van der Waals surface area contributed by atoms with E-state index >= 15 is 4.39 Å². The summed E-state index contributed by atoms with van der Waals surface area (Å²) in [5, 5.41) is 25.3. The third kappa shape index (κ3) is 4.22. The maximum atomic E-state index is 18.1. The number of ether oxygens (including phenoxy) is 2. The number of pyridine rings is 1. The summed E-state index contributed by atoms with van der Waals surface area (Å²) in [4.78, 5) is 31.1. The van der Waals surface area contributed by atoms with Crippen molar-refractivity contribution in [1.29, 1.82) is 5.26 Å². The molecule has 2 aromatic rings. The topological polar surface area (TPSA) is 127 Å². The molecule has 1 N–H and O–H groups in total. The Bertz CT molecular complexity index is 1620. The zero-order valence-corrected chi connectivity index (χ0v) is 26.1. The van der Waals surface area contributed by atoms with Crippen LogP contribution < -0.4 is 0 Å². The highest BCUT2D eigenvalue weighted by molar-refractivity contribution is 8.14. The molecule has 0 bridgehead atoms. The predicted octanol–water partition coefficient (Wildman–Crippen LogP) is 4.75. The number of aliphatic hydroxyl groups excluding tert-OH is 1. The van der Waals surface area contributed by atoms with Gasteiger partial charge in [0, 0.05) is 23.4 Å². The molecular formula is C33H36F2N4O5S. The van der Waals surface area contributed by atoms with E-state index in [-0.39, 0.29) is 31.1 Å². The zero-order valence-electron chi connectivity index (χ0n) is 25.3. The van der Waals surface area contributed by atoms with Gasteiger partial charge in [0.1, 0.15) is 5.67 Å². The van der Waals surface area contributed by atoms with E-state index in [1.54, 1.807) is 16.9 Å². The summed E-state index contributed by atoms with van der Waals surface area (Å²) in [5.41, 5.74) is -2.58. The minimum absolute atomic E-state index is 0.0613. The van der Waals surface area contributed by atoms with Crippen LogP contribution in [0.4, 0.5) is 8.78 Å². The SMILES string of the molecule is C[C@]12Cc3cnn(-c4ccc(F)nc4)c3C=C1CC[C@H]1[C@@H]3CC[C@](OC(=O)[C@@H]4CCOC4)(C(=O)SCC#N)[C@@]3(C)C[C@H](O)[C@@]12F. The molecule has 0 spiro atoms. The van der Waals surface area contributed by atoms with E-state index in [1.807, 2.05) is 26.0 Å². The number of hydrogen-bond donors (Lipinski definition) is 1. The Labute approximate surface area is 264 Å². The van der Waals surface area contributed by atoms with Gasteiger partial charge in [0.2, 0.25) is 11.1 Å². The summed E-state index contributed by atoms with van der Waals surface area (Å²) >= 11 is 0.824. The number of fused-ring (bicyclic) bond motifs is 6. The number of aliphatic hydroxyl groups is 1. The Morgan fingerprint density at radius 3 is 2.78 bits per heavy atom. The molecule has 4 aliphatic carbocycles. The number of nitrogens with zero attached hydrogens (tertiary/aromatic N) is 4. The Hall–Kier alpha value is -3.14. The summed E-state index contributed by atoms with van der Waals surface area (Å²) in [6.07, 6.45) is 6.09. The number of carbonyl (C=O) groups is 2. The number of allylic oxidation sites excluding steroid dienone is 1. The first-order valence-electron chi connectivity index (χ1n) is 15.6. The maximum absolute atomic E-state index is 18.1. The molecule has 7 rings (SSSR count). The number of aromatic nitrogens is 3. The van der Waals surface area contributed by atoms with Crippen molar-refractivity contribution in [3.63, 3.8) is 0 Å². The second-order valence-corrected chi connectivity index (χ2v) is 14.7. The molecule has 1 saturated heterocycles. The standard InChI is InChI=1S/C33H36F2N4O5S/c1-30-14-20-16-38-39(22-4-6-27(34)37-17-22)25(20)13-21(30)3-5-24-23-7-9-32(29(42)45-12-10-36,44-28(41)19-8-11-43-18-19)31(23,2)15-26(40)33(24,30)35/h4,6,13,16-17,19,23-24,26,40H,3,5,7-9,11-12,14-15,18H2,1-2H3/t19-,23+,24+,26+,30+,31+,32+,33+/m1/s1. The number of thioether (sulfide) groups is 1. The summed E-state index contributed by atoms with van der Waals surface area (Å²) in [6.45, 7) is 4.40. The molecule has 5 aliphatic rings. The van der Waals surface area contributed by atoms with Crippen molar-refractivity contribution >= 4 is 28.9 Å². The Morgan fingerprint density at radius 2 is 2.07 bits per heavy atom. The monoisotopic (exact) mass is 638 g/mol. The van der Waals surface area contributed by atoms with Crippen LogP contribution in [0.5, 0.6) is 0 Å². The van der Waals surface area contributed by atoms with E-state index in [0.717, 1.165) is 28.6 Å². The lowest BCUT2D eigenvalue weighted by Crippen LogP contribution is -2.70. The molecule has 2 aromatic heterocycles. The third-order valence-corrected chi connectivity index (χ3v) is 12.7. The van der Waals surface area contributed by atoms with Crippen molar-refractivity contribution < 1.29 is 33.0 Å². The maximum Gasteiger partial charge on any atom is 0.312 e. The fourth-order valence-corrected chi connectivity index (χ4v) is 10.3. The first-order chi connectivity index (χ1) is 21.5. The lowest BCUT2D eigenvalue weighted by atomic mass is 9.44. The van der Waals surface area contributed by atoms with Crippen molar-refractivity contribution in [3.8, 4) is 11.8 Å². The number of carbonyl (C=O) groups excluding carboxylic acids is 2. The largest absolute Gasteiger partial charge is 0.449 e. The van der Waals surface area contributed by atoms with Crippen LogP contribution in [-0.2, 0) is 25.5 Å². The molecule has 45 heavy (non-hydrogen) atoms. The van der Waals surface area contributed by atoms with E-state index in [2.05, 4.69) is 10.1 Å². The van der Waals surface area contributed by atoms with E-state index in [9.17, 15) is 24.3 Å².